The molecule has 114 valence electrons. The minimum absolute atomic E-state index is 0.0396. The summed E-state index contributed by atoms with van der Waals surface area (Å²) < 4.78 is 78.4. The van der Waals surface area contributed by atoms with Gasteiger partial charge in [-0.1, -0.05) is 0 Å². The van der Waals surface area contributed by atoms with Crippen LogP contribution in [0.4, 0.5) is 32.0 Å². The summed E-state index contributed by atoms with van der Waals surface area (Å²) in [6.07, 6.45) is -9.61. The Morgan fingerprint density at radius 3 is 2.24 bits per heavy atom. The van der Waals surface area contributed by atoms with E-state index in [2.05, 4.69) is 9.72 Å². The van der Waals surface area contributed by atoms with Crippen molar-refractivity contribution in [1.29, 1.82) is 0 Å². The maximum absolute atomic E-state index is 12.8. The van der Waals surface area contributed by atoms with Gasteiger partial charge in [0.15, 0.2) is 0 Å². The van der Waals surface area contributed by atoms with E-state index in [1.165, 1.54) is 0 Å². The van der Waals surface area contributed by atoms with Crippen LogP contribution < -0.4 is 10.5 Å². The van der Waals surface area contributed by atoms with Crippen molar-refractivity contribution in [2.75, 3.05) is 5.73 Å². The zero-order valence-electron chi connectivity index (χ0n) is 10.4. The standard InChI is InChI=1S/C12H8F6N2O/c1-5-9(19)7-4-6(21-12(16,17)18)2-3-8(7)20-10(5)11(13,14)15/h2-4H,1H3,(H2,19,20). The van der Waals surface area contributed by atoms with Crippen molar-refractivity contribution in [3.05, 3.63) is 29.5 Å². The van der Waals surface area contributed by atoms with Crippen LogP contribution in [-0.4, -0.2) is 11.3 Å². The van der Waals surface area contributed by atoms with Crippen molar-refractivity contribution in [3.8, 4) is 5.75 Å². The number of alkyl halides is 6. The molecule has 0 saturated carbocycles. The topological polar surface area (TPSA) is 48.1 Å². The molecular formula is C12H8F6N2O. The first kappa shape index (κ1) is 15.2. The lowest BCUT2D eigenvalue weighted by Gasteiger charge is -2.15. The van der Waals surface area contributed by atoms with E-state index < -0.39 is 24.0 Å². The maximum Gasteiger partial charge on any atom is 0.573 e. The van der Waals surface area contributed by atoms with E-state index in [4.69, 9.17) is 5.73 Å². The Kier molecular flexibility index (Phi) is 3.38. The van der Waals surface area contributed by atoms with Crippen molar-refractivity contribution in [3.63, 3.8) is 0 Å². The van der Waals surface area contributed by atoms with Gasteiger partial charge >= 0.3 is 12.5 Å². The third kappa shape index (κ3) is 3.11. The van der Waals surface area contributed by atoms with Crippen LogP contribution in [0.2, 0.25) is 0 Å². The second-order valence-electron chi connectivity index (χ2n) is 4.22. The fraction of sp³-hybridized carbons (Fsp3) is 0.250. The van der Waals surface area contributed by atoms with Gasteiger partial charge in [0, 0.05) is 16.6 Å². The number of nitrogens with zero attached hydrogens (tertiary/aromatic N) is 1. The fourth-order valence-corrected chi connectivity index (χ4v) is 1.84. The molecule has 0 saturated heterocycles. The van der Waals surface area contributed by atoms with Gasteiger partial charge in [0.1, 0.15) is 11.4 Å². The van der Waals surface area contributed by atoms with Crippen LogP contribution in [0.15, 0.2) is 18.2 Å². The molecule has 3 nitrogen and oxygen atoms in total. The van der Waals surface area contributed by atoms with E-state index in [0.29, 0.717) is 0 Å². The molecule has 0 unspecified atom stereocenters. The molecule has 0 radical (unpaired) electrons. The van der Waals surface area contributed by atoms with Gasteiger partial charge < -0.3 is 10.5 Å². The van der Waals surface area contributed by atoms with Crippen LogP contribution in [0, 0.1) is 6.92 Å². The summed E-state index contributed by atoms with van der Waals surface area (Å²) in [7, 11) is 0. The molecule has 1 aromatic carbocycles. The quantitative estimate of drug-likeness (QED) is 0.809. The predicted octanol–water partition coefficient (Wildman–Crippen LogP) is 4.04. The number of nitrogen functional groups attached to an aromatic ring is 1. The smallest absolute Gasteiger partial charge is 0.406 e. The minimum atomic E-state index is -4.91. The average molecular weight is 310 g/mol. The Balaban J connectivity index is 2.62. The van der Waals surface area contributed by atoms with E-state index in [1.54, 1.807) is 0 Å². The van der Waals surface area contributed by atoms with Gasteiger partial charge in [0.25, 0.3) is 0 Å². The number of aromatic nitrogens is 1. The van der Waals surface area contributed by atoms with Crippen LogP contribution in [0.3, 0.4) is 0 Å². The third-order valence-electron chi connectivity index (χ3n) is 2.75. The van der Waals surface area contributed by atoms with Crippen molar-refractivity contribution >= 4 is 16.6 Å². The van der Waals surface area contributed by atoms with Crippen molar-refractivity contribution in [2.24, 2.45) is 0 Å². The van der Waals surface area contributed by atoms with Crippen LogP contribution >= 0.6 is 0 Å². The first-order valence-corrected chi connectivity index (χ1v) is 5.52. The summed E-state index contributed by atoms with van der Waals surface area (Å²) in [5, 5.41) is -0.0396. The summed E-state index contributed by atoms with van der Waals surface area (Å²) in [5.74, 6) is -0.581. The van der Waals surface area contributed by atoms with Crippen LogP contribution in [0.25, 0.3) is 10.9 Å². The van der Waals surface area contributed by atoms with Gasteiger partial charge in [0.2, 0.25) is 0 Å². The van der Waals surface area contributed by atoms with Gasteiger partial charge in [0.05, 0.1) is 5.52 Å². The number of rotatable bonds is 1. The van der Waals surface area contributed by atoms with Gasteiger partial charge in [-0.25, -0.2) is 4.98 Å². The highest BCUT2D eigenvalue weighted by atomic mass is 19.4. The Labute approximate surface area is 114 Å². The number of hydrogen-bond acceptors (Lipinski definition) is 3. The summed E-state index contributed by atoms with van der Waals surface area (Å²) >= 11 is 0. The molecule has 0 spiro atoms. The molecule has 0 bridgehead atoms. The molecule has 21 heavy (non-hydrogen) atoms. The van der Waals surface area contributed by atoms with Gasteiger partial charge in [-0.05, 0) is 25.1 Å². The molecule has 0 amide bonds. The number of fused-ring (bicyclic) bond motifs is 1. The number of benzene rings is 1. The number of nitrogens with two attached hydrogens (primary N) is 1. The monoisotopic (exact) mass is 310 g/mol. The molecule has 0 fully saturated rings. The fourth-order valence-electron chi connectivity index (χ4n) is 1.84. The van der Waals surface area contributed by atoms with Crippen molar-refractivity contribution in [2.45, 2.75) is 19.5 Å². The highest BCUT2D eigenvalue weighted by molar-refractivity contribution is 5.93. The summed E-state index contributed by atoms with van der Waals surface area (Å²) in [4.78, 5) is 3.40. The highest BCUT2D eigenvalue weighted by Crippen LogP contribution is 2.37. The maximum atomic E-state index is 12.8. The third-order valence-corrected chi connectivity index (χ3v) is 2.75. The molecule has 9 heteroatoms. The Bertz CT molecular complexity index is 693. The van der Waals surface area contributed by atoms with Crippen molar-refractivity contribution < 1.29 is 31.1 Å². The van der Waals surface area contributed by atoms with E-state index in [0.717, 1.165) is 25.1 Å². The molecule has 2 aromatic rings. The highest BCUT2D eigenvalue weighted by Gasteiger charge is 2.36. The van der Waals surface area contributed by atoms with E-state index in [1.807, 2.05) is 0 Å². The average Bonchev–Trinajstić information content (AvgIpc) is 2.31. The normalized spacial score (nSPS) is 12.7. The Morgan fingerprint density at radius 2 is 1.71 bits per heavy atom. The first-order chi connectivity index (χ1) is 9.49. The molecular weight excluding hydrogens is 302 g/mol. The molecule has 0 aliphatic carbocycles. The van der Waals surface area contributed by atoms with Gasteiger partial charge in [-0.3, -0.25) is 0 Å². The zero-order valence-corrected chi connectivity index (χ0v) is 10.4. The van der Waals surface area contributed by atoms with Crippen LogP contribution in [0.1, 0.15) is 11.3 Å². The van der Waals surface area contributed by atoms with Crippen LogP contribution in [-0.2, 0) is 6.18 Å². The van der Waals surface area contributed by atoms with Gasteiger partial charge in [-0.15, -0.1) is 13.2 Å². The Hall–Kier alpha value is -2.19. The first-order valence-electron chi connectivity index (χ1n) is 5.52. The second kappa shape index (κ2) is 4.68. The molecule has 0 atom stereocenters. The summed E-state index contributed by atoms with van der Waals surface area (Å²) in [6.45, 7) is 1.10. The summed E-state index contributed by atoms with van der Waals surface area (Å²) in [5.41, 5.74) is 3.60. The molecule has 1 aromatic heterocycles. The predicted molar refractivity (Wildman–Crippen MR) is 62.6 cm³/mol. The molecule has 0 aliphatic heterocycles. The number of ether oxygens (including phenoxy) is 1. The second-order valence-corrected chi connectivity index (χ2v) is 4.22. The zero-order chi connectivity index (χ0) is 16.0. The van der Waals surface area contributed by atoms with Crippen LogP contribution in [0.5, 0.6) is 5.75 Å². The number of halogens is 6. The minimum Gasteiger partial charge on any atom is -0.406 e. The SMILES string of the molecule is Cc1c(C(F)(F)F)nc2ccc(OC(F)(F)F)cc2c1N. The van der Waals surface area contributed by atoms with Gasteiger partial charge in [-0.2, -0.15) is 13.2 Å². The largest absolute Gasteiger partial charge is 0.573 e. The molecule has 2 rings (SSSR count). The lowest BCUT2D eigenvalue weighted by Crippen LogP contribution is -2.17. The number of pyridine rings is 1. The van der Waals surface area contributed by atoms with Crippen molar-refractivity contribution in [1.82, 2.24) is 4.98 Å². The lowest BCUT2D eigenvalue weighted by atomic mass is 10.1. The number of hydrogen-bond donors (Lipinski definition) is 1. The lowest BCUT2D eigenvalue weighted by molar-refractivity contribution is -0.274. The van der Waals surface area contributed by atoms with E-state index in [9.17, 15) is 26.3 Å². The summed E-state index contributed by atoms with van der Waals surface area (Å²) in [6, 6.07) is 2.76. The van der Waals surface area contributed by atoms with E-state index >= 15 is 0 Å². The molecule has 2 N–H and O–H groups in total. The molecule has 0 aliphatic rings. The Morgan fingerprint density at radius 1 is 1.10 bits per heavy atom. The molecule has 1 heterocycles. The number of anilines is 1. The van der Waals surface area contributed by atoms with E-state index in [-0.39, 0.29) is 22.2 Å².